The van der Waals surface area contributed by atoms with Crippen LogP contribution in [0.3, 0.4) is 0 Å². The van der Waals surface area contributed by atoms with Crippen LogP contribution in [-0.4, -0.2) is 47.1 Å². The number of nitrogens with zero attached hydrogens (tertiary/aromatic N) is 2. The molecule has 1 unspecified atom stereocenters. The molecule has 0 radical (unpaired) electrons. The van der Waals surface area contributed by atoms with Gasteiger partial charge in [-0.2, -0.15) is 0 Å². The second-order valence-corrected chi connectivity index (χ2v) is 6.82. The molecule has 0 spiro atoms. The average molecular weight is 394 g/mol. The molecule has 2 amide bonds. The van der Waals surface area contributed by atoms with E-state index in [0.29, 0.717) is 19.6 Å². The van der Waals surface area contributed by atoms with Gasteiger partial charge in [-0.3, -0.25) is 9.59 Å². The molecule has 6 nitrogen and oxygen atoms in total. The standard InChI is InChI=1S/C17H20BrN3O3/c1-11-17(18)13-4-2-3-5-14(13)21(11)9-16(23)20-7-6-12(8-20)24-10-15(19)22/h2-5,12H,6-10H2,1H3,(H2,19,22). The van der Waals surface area contributed by atoms with Crippen molar-refractivity contribution < 1.29 is 14.3 Å². The minimum Gasteiger partial charge on any atom is -0.368 e. The molecule has 1 aromatic heterocycles. The average Bonchev–Trinajstić information content (AvgIpc) is 3.13. The van der Waals surface area contributed by atoms with Gasteiger partial charge >= 0.3 is 0 Å². The molecule has 0 saturated carbocycles. The van der Waals surface area contributed by atoms with E-state index in [2.05, 4.69) is 15.9 Å². The van der Waals surface area contributed by atoms with Gasteiger partial charge < -0.3 is 19.9 Å². The molecular formula is C17H20BrN3O3. The highest BCUT2D eigenvalue weighted by Crippen LogP contribution is 2.30. The molecule has 1 atom stereocenters. The molecular weight excluding hydrogens is 374 g/mol. The van der Waals surface area contributed by atoms with Gasteiger partial charge in [0.1, 0.15) is 13.2 Å². The fraction of sp³-hybridized carbons (Fsp3) is 0.412. The third-order valence-electron chi connectivity index (χ3n) is 4.41. The van der Waals surface area contributed by atoms with E-state index >= 15 is 0 Å². The number of likely N-dealkylation sites (tertiary alicyclic amines) is 1. The molecule has 1 aliphatic heterocycles. The van der Waals surface area contributed by atoms with Crippen LogP contribution < -0.4 is 5.73 Å². The normalized spacial score (nSPS) is 17.6. The van der Waals surface area contributed by atoms with Crippen LogP contribution in [0.4, 0.5) is 0 Å². The van der Waals surface area contributed by atoms with Gasteiger partial charge in [0.15, 0.2) is 0 Å². The third-order valence-corrected chi connectivity index (χ3v) is 5.41. The Balaban J connectivity index is 1.70. The predicted molar refractivity (Wildman–Crippen MR) is 94.5 cm³/mol. The van der Waals surface area contributed by atoms with Crippen molar-refractivity contribution in [3.63, 3.8) is 0 Å². The predicted octanol–water partition coefficient (Wildman–Crippen LogP) is 1.82. The first-order valence-electron chi connectivity index (χ1n) is 7.88. The smallest absolute Gasteiger partial charge is 0.243 e. The van der Waals surface area contributed by atoms with Crippen molar-refractivity contribution in [2.75, 3.05) is 19.7 Å². The van der Waals surface area contributed by atoms with Crippen molar-refractivity contribution in [3.05, 3.63) is 34.4 Å². The molecule has 2 aromatic rings. The van der Waals surface area contributed by atoms with E-state index in [1.807, 2.05) is 35.8 Å². The van der Waals surface area contributed by atoms with Gasteiger partial charge in [0.25, 0.3) is 0 Å². The largest absolute Gasteiger partial charge is 0.368 e. The maximum atomic E-state index is 12.6. The van der Waals surface area contributed by atoms with Crippen molar-refractivity contribution >= 4 is 38.6 Å². The number of amides is 2. The Morgan fingerprint density at radius 3 is 2.88 bits per heavy atom. The number of aromatic nitrogens is 1. The number of benzene rings is 1. The van der Waals surface area contributed by atoms with Crippen LogP contribution >= 0.6 is 15.9 Å². The second kappa shape index (κ2) is 6.94. The molecule has 24 heavy (non-hydrogen) atoms. The van der Waals surface area contributed by atoms with Gasteiger partial charge in [-0.05, 0) is 35.3 Å². The third kappa shape index (κ3) is 3.32. The summed E-state index contributed by atoms with van der Waals surface area (Å²) in [6, 6.07) is 8.01. The van der Waals surface area contributed by atoms with E-state index in [4.69, 9.17) is 10.5 Å². The first-order chi connectivity index (χ1) is 11.5. The highest BCUT2D eigenvalue weighted by atomic mass is 79.9. The monoisotopic (exact) mass is 393 g/mol. The zero-order valence-corrected chi connectivity index (χ0v) is 15.1. The summed E-state index contributed by atoms with van der Waals surface area (Å²) in [7, 11) is 0. The maximum absolute atomic E-state index is 12.6. The van der Waals surface area contributed by atoms with Crippen molar-refractivity contribution in [2.24, 2.45) is 5.73 Å². The molecule has 128 valence electrons. The van der Waals surface area contributed by atoms with Crippen LogP contribution in [-0.2, 0) is 20.9 Å². The molecule has 3 rings (SSSR count). The number of carbonyl (C=O) groups excluding carboxylic acids is 2. The van der Waals surface area contributed by atoms with Crippen LogP contribution in [0, 0.1) is 6.92 Å². The zero-order valence-electron chi connectivity index (χ0n) is 13.5. The van der Waals surface area contributed by atoms with Gasteiger partial charge in [-0.1, -0.05) is 18.2 Å². The first-order valence-corrected chi connectivity index (χ1v) is 8.67. The van der Waals surface area contributed by atoms with Gasteiger partial charge in [0.05, 0.1) is 6.10 Å². The Hall–Kier alpha value is -1.86. The number of halogens is 1. The lowest BCUT2D eigenvalue weighted by Crippen LogP contribution is -2.33. The zero-order chi connectivity index (χ0) is 17.3. The number of nitrogens with two attached hydrogens (primary N) is 1. The van der Waals surface area contributed by atoms with Crippen LogP contribution in [0.1, 0.15) is 12.1 Å². The number of fused-ring (bicyclic) bond motifs is 1. The first kappa shape index (κ1) is 17.0. The number of hydrogen-bond donors (Lipinski definition) is 1. The summed E-state index contributed by atoms with van der Waals surface area (Å²) in [5.41, 5.74) is 7.16. The Labute approximate surface area is 148 Å². The molecule has 0 aliphatic carbocycles. The van der Waals surface area contributed by atoms with Crippen molar-refractivity contribution in [2.45, 2.75) is 26.0 Å². The minimum atomic E-state index is -0.487. The fourth-order valence-electron chi connectivity index (χ4n) is 3.12. The Morgan fingerprint density at radius 2 is 2.12 bits per heavy atom. The molecule has 1 aliphatic rings. The lowest BCUT2D eigenvalue weighted by Gasteiger charge is -2.18. The highest BCUT2D eigenvalue weighted by molar-refractivity contribution is 9.10. The number of hydrogen-bond acceptors (Lipinski definition) is 3. The molecule has 7 heteroatoms. The molecule has 2 N–H and O–H groups in total. The summed E-state index contributed by atoms with van der Waals surface area (Å²) in [6.07, 6.45) is 0.615. The quantitative estimate of drug-likeness (QED) is 0.841. The summed E-state index contributed by atoms with van der Waals surface area (Å²) >= 11 is 3.61. The topological polar surface area (TPSA) is 77.6 Å². The second-order valence-electron chi connectivity index (χ2n) is 6.03. The molecule has 1 aromatic carbocycles. The van der Waals surface area contributed by atoms with E-state index in [-0.39, 0.29) is 18.6 Å². The number of carbonyl (C=O) groups is 2. The van der Waals surface area contributed by atoms with E-state index in [1.165, 1.54) is 0 Å². The number of para-hydroxylation sites is 1. The van der Waals surface area contributed by atoms with E-state index in [9.17, 15) is 9.59 Å². The number of ether oxygens (including phenoxy) is 1. The van der Waals surface area contributed by atoms with Crippen LogP contribution in [0.15, 0.2) is 28.7 Å². The lowest BCUT2D eigenvalue weighted by atomic mass is 10.2. The SMILES string of the molecule is Cc1c(Br)c2ccccc2n1CC(=O)N1CCC(OCC(N)=O)C1. The maximum Gasteiger partial charge on any atom is 0.243 e. The highest BCUT2D eigenvalue weighted by Gasteiger charge is 2.27. The summed E-state index contributed by atoms with van der Waals surface area (Å²) < 4.78 is 8.46. The van der Waals surface area contributed by atoms with Crippen LogP contribution in [0.2, 0.25) is 0 Å². The summed E-state index contributed by atoms with van der Waals surface area (Å²) in [4.78, 5) is 25.2. The Kier molecular flexibility index (Phi) is 4.91. The lowest BCUT2D eigenvalue weighted by molar-refractivity contribution is -0.131. The summed E-state index contributed by atoms with van der Waals surface area (Å²) in [6.45, 7) is 3.34. The van der Waals surface area contributed by atoms with E-state index in [0.717, 1.165) is 27.5 Å². The number of rotatable bonds is 5. The summed E-state index contributed by atoms with van der Waals surface area (Å²) in [5.74, 6) is -0.435. The summed E-state index contributed by atoms with van der Waals surface area (Å²) in [5, 5.41) is 1.10. The van der Waals surface area contributed by atoms with Crippen LogP contribution in [0.25, 0.3) is 10.9 Å². The van der Waals surface area contributed by atoms with Gasteiger partial charge in [-0.25, -0.2) is 0 Å². The van der Waals surface area contributed by atoms with Crippen molar-refractivity contribution in [1.82, 2.24) is 9.47 Å². The molecule has 1 saturated heterocycles. The van der Waals surface area contributed by atoms with E-state index in [1.54, 1.807) is 4.90 Å². The molecule has 2 heterocycles. The minimum absolute atomic E-state index is 0.0523. The Morgan fingerprint density at radius 1 is 1.38 bits per heavy atom. The van der Waals surface area contributed by atoms with Gasteiger partial charge in [0.2, 0.25) is 11.8 Å². The van der Waals surface area contributed by atoms with Crippen molar-refractivity contribution in [3.8, 4) is 0 Å². The van der Waals surface area contributed by atoms with Gasteiger partial charge in [-0.15, -0.1) is 0 Å². The van der Waals surface area contributed by atoms with Crippen molar-refractivity contribution in [1.29, 1.82) is 0 Å². The van der Waals surface area contributed by atoms with Crippen LogP contribution in [0.5, 0.6) is 0 Å². The Bertz CT molecular complexity index is 787. The molecule has 0 bridgehead atoms. The fourth-order valence-corrected chi connectivity index (χ4v) is 3.67. The van der Waals surface area contributed by atoms with Gasteiger partial charge in [0, 0.05) is 34.2 Å². The number of primary amides is 1. The molecule has 1 fully saturated rings. The van der Waals surface area contributed by atoms with E-state index < -0.39 is 5.91 Å².